The Bertz CT molecular complexity index is 402. The summed E-state index contributed by atoms with van der Waals surface area (Å²) < 4.78 is 0. The number of aromatic carboxylic acids is 1. The molecule has 3 unspecified atom stereocenters. The highest BCUT2D eigenvalue weighted by atomic mass is 16.4. The van der Waals surface area contributed by atoms with Crippen LogP contribution >= 0.6 is 0 Å². The van der Waals surface area contributed by atoms with E-state index in [0.29, 0.717) is 11.5 Å². The van der Waals surface area contributed by atoms with E-state index in [-0.39, 0.29) is 12.1 Å². The van der Waals surface area contributed by atoms with Gasteiger partial charge in [0, 0.05) is 18.6 Å². The van der Waals surface area contributed by atoms with E-state index in [0.717, 1.165) is 18.5 Å². The quantitative estimate of drug-likeness (QED) is 0.722. The molecule has 2 rings (SSSR count). The van der Waals surface area contributed by atoms with Crippen molar-refractivity contribution in [1.82, 2.24) is 5.32 Å². The molecule has 0 spiro atoms. The number of hydrogen-bond acceptors (Lipinski definition) is 3. The number of rotatable bonds is 2. The number of benzene rings is 1. The SMILES string of the molecule is CC1CC(N)CNC1c1ccc(C(=O)O)cc1. The Morgan fingerprint density at radius 2 is 2.06 bits per heavy atom. The fourth-order valence-corrected chi connectivity index (χ4v) is 2.46. The average Bonchev–Trinajstić information content (AvgIpc) is 2.29. The molecule has 0 aliphatic carbocycles. The first-order chi connectivity index (χ1) is 8.08. The first-order valence-corrected chi connectivity index (χ1v) is 5.90. The van der Waals surface area contributed by atoms with Crippen LogP contribution < -0.4 is 11.1 Å². The molecule has 92 valence electrons. The van der Waals surface area contributed by atoms with E-state index >= 15 is 0 Å². The van der Waals surface area contributed by atoms with Gasteiger partial charge in [0.2, 0.25) is 0 Å². The molecule has 0 saturated carbocycles. The molecule has 1 aliphatic rings. The van der Waals surface area contributed by atoms with Crippen LogP contribution in [0.3, 0.4) is 0 Å². The van der Waals surface area contributed by atoms with Crippen LogP contribution in [0.5, 0.6) is 0 Å². The fourth-order valence-electron chi connectivity index (χ4n) is 2.46. The summed E-state index contributed by atoms with van der Waals surface area (Å²) in [5.41, 5.74) is 7.35. The maximum atomic E-state index is 10.8. The summed E-state index contributed by atoms with van der Waals surface area (Å²) in [5.74, 6) is -0.419. The smallest absolute Gasteiger partial charge is 0.335 e. The standard InChI is InChI=1S/C13H18N2O2/c1-8-6-11(14)7-15-12(8)9-2-4-10(5-3-9)13(16)17/h2-5,8,11-12,15H,6-7,14H2,1H3,(H,16,17). The molecule has 1 aliphatic heterocycles. The van der Waals surface area contributed by atoms with Gasteiger partial charge in [-0.1, -0.05) is 19.1 Å². The van der Waals surface area contributed by atoms with Gasteiger partial charge in [-0.2, -0.15) is 0 Å². The van der Waals surface area contributed by atoms with Crippen LogP contribution in [0.25, 0.3) is 0 Å². The molecule has 0 bridgehead atoms. The lowest BCUT2D eigenvalue weighted by atomic mass is 9.86. The summed E-state index contributed by atoms with van der Waals surface area (Å²) in [4.78, 5) is 10.8. The Kier molecular flexibility index (Phi) is 3.45. The van der Waals surface area contributed by atoms with Gasteiger partial charge in [0.1, 0.15) is 0 Å². The normalized spacial score (nSPS) is 28.9. The van der Waals surface area contributed by atoms with Crippen molar-refractivity contribution in [1.29, 1.82) is 0 Å². The maximum Gasteiger partial charge on any atom is 0.335 e. The lowest BCUT2D eigenvalue weighted by molar-refractivity contribution is 0.0697. The van der Waals surface area contributed by atoms with Crippen molar-refractivity contribution in [2.45, 2.75) is 25.4 Å². The second-order valence-electron chi connectivity index (χ2n) is 4.79. The lowest BCUT2D eigenvalue weighted by Crippen LogP contribution is -2.45. The summed E-state index contributed by atoms with van der Waals surface area (Å²) in [7, 11) is 0. The van der Waals surface area contributed by atoms with Crippen LogP contribution in [0, 0.1) is 5.92 Å². The molecule has 1 heterocycles. The molecule has 0 amide bonds. The summed E-state index contributed by atoms with van der Waals surface area (Å²) in [6.07, 6.45) is 0.998. The van der Waals surface area contributed by atoms with E-state index in [4.69, 9.17) is 10.8 Å². The number of nitrogens with one attached hydrogen (secondary N) is 1. The van der Waals surface area contributed by atoms with Gasteiger partial charge < -0.3 is 16.2 Å². The Morgan fingerprint density at radius 1 is 1.41 bits per heavy atom. The predicted octanol–water partition coefficient (Wildman–Crippen LogP) is 1.38. The number of piperidine rings is 1. The molecule has 0 aromatic heterocycles. The van der Waals surface area contributed by atoms with Crippen molar-refractivity contribution in [3.05, 3.63) is 35.4 Å². The number of carboxylic acid groups (broad SMARTS) is 1. The Hall–Kier alpha value is -1.39. The number of nitrogens with two attached hydrogens (primary N) is 1. The van der Waals surface area contributed by atoms with Gasteiger partial charge in [-0.15, -0.1) is 0 Å². The molecule has 1 fully saturated rings. The second kappa shape index (κ2) is 4.85. The van der Waals surface area contributed by atoms with E-state index in [2.05, 4.69) is 12.2 Å². The largest absolute Gasteiger partial charge is 0.478 e. The summed E-state index contributed by atoms with van der Waals surface area (Å²) in [6, 6.07) is 7.57. The van der Waals surface area contributed by atoms with Gasteiger partial charge in [0.15, 0.2) is 0 Å². The highest BCUT2D eigenvalue weighted by Gasteiger charge is 2.26. The molecule has 3 atom stereocenters. The molecular formula is C13H18N2O2. The van der Waals surface area contributed by atoms with E-state index < -0.39 is 5.97 Å². The third kappa shape index (κ3) is 2.65. The van der Waals surface area contributed by atoms with Crippen molar-refractivity contribution >= 4 is 5.97 Å². The van der Waals surface area contributed by atoms with Gasteiger partial charge in [0.05, 0.1) is 5.56 Å². The summed E-state index contributed by atoms with van der Waals surface area (Å²) in [6.45, 7) is 2.98. The third-order valence-electron chi connectivity index (χ3n) is 3.36. The Balaban J connectivity index is 2.14. The van der Waals surface area contributed by atoms with Gasteiger partial charge in [-0.25, -0.2) is 4.79 Å². The van der Waals surface area contributed by atoms with Gasteiger partial charge in [-0.05, 0) is 30.0 Å². The highest BCUT2D eigenvalue weighted by Crippen LogP contribution is 2.28. The van der Waals surface area contributed by atoms with Crippen LogP contribution in [-0.4, -0.2) is 23.7 Å². The number of hydrogen-bond donors (Lipinski definition) is 3. The zero-order valence-electron chi connectivity index (χ0n) is 9.89. The molecule has 17 heavy (non-hydrogen) atoms. The van der Waals surface area contributed by atoms with E-state index in [1.807, 2.05) is 12.1 Å². The van der Waals surface area contributed by atoms with Crippen LogP contribution in [0.4, 0.5) is 0 Å². The van der Waals surface area contributed by atoms with Crippen LogP contribution in [-0.2, 0) is 0 Å². The molecule has 4 heteroatoms. The third-order valence-corrected chi connectivity index (χ3v) is 3.36. The minimum Gasteiger partial charge on any atom is -0.478 e. The highest BCUT2D eigenvalue weighted by molar-refractivity contribution is 5.87. The molecule has 4 nitrogen and oxygen atoms in total. The van der Waals surface area contributed by atoms with Gasteiger partial charge >= 0.3 is 5.97 Å². The average molecular weight is 234 g/mol. The van der Waals surface area contributed by atoms with Crippen molar-refractivity contribution in [2.75, 3.05) is 6.54 Å². The molecule has 4 N–H and O–H groups in total. The Labute approximate surface area is 101 Å². The monoisotopic (exact) mass is 234 g/mol. The first-order valence-electron chi connectivity index (χ1n) is 5.90. The molecular weight excluding hydrogens is 216 g/mol. The number of carbonyl (C=O) groups is 1. The minimum atomic E-state index is -0.886. The van der Waals surface area contributed by atoms with Gasteiger partial charge in [-0.3, -0.25) is 0 Å². The zero-order valence-corrected chi connectivity index (χ0v) is 9.89. The van der Waals surface area contributed by atoms with Crippen molar-refractivity contribution in [3.8, 4) is 0 Å². The molecule has 1 saturated heterocycles. The van der Waals surface area contributed by atoms with Crippen molar-refractivity contribution in [3.63, 3.8) is 0 Å². The topological polar surface area (TPSA) is 75.3 Å². The van der Waals surface area contributed by atoms with Crippen molar-refractivity contribution in [2.24, 2.45) is 11.7 Å². The van der Waals surface area contributed by atoms with E-state index in [9.17, 15) is 4.79 Å². The summed E-state index contributed by atoms with van der Waals surface area (Å²) >= 11 is 0. The fraction of sp³-hybridized carbons (Fsp3) is 0.462. The second-order valence-corrected chi connectivity index (χ2v) is 4.79. The zero-order chi connectivity index (χ0) is 12.4. The van der Waals surface area contributed by atoms with Crippen LogP contribution in [0.2, 0.25) is 0 Å². The summed E-state index contributed by atoms with van der Waals surface area (Å²) in [5, 5.41) is 12.3. The molecule has 1 aromatic carbocycles. The lowest BCUT2D eigenvalue weighted by Gasteiger charge is -2.34. The minimum absolute atomic E-state index is 0.222. The first kappa shape index (κ1) is 12.1. The molecule has 1 aromatic rings. The molecule has 0 radical (unpaired) electrons. The van der Waals surface area contributed by atoms with Crippen molar-refractivity contribution < 1.29 is 9.90 Å². The van der Waals surface area contributed by atoms with E-state index in [1.165, 1.54) is 0 Å². The number of carboxylic acids is 1. The van der Waals surface area contributed by atoms with Crippen LogP contribution in [0.1, 0.15) is 35.3 Å². The Morgan fingerprint density at radius 3 is 2.59 bits per heavy atom. The maximum absolute atomic E-state index is 10.8. The van der Waals surface area contributed by atoms with Gasteiger partial charge in [0.25, 0.3) is 0 Å². The van der Waals surface area contributed by atoms with E-state index in [1.54, 1.807) is 12.1 Å². The van der Waals surface area contributed by atoms with Crippen LogP contribution in [0.15, 0.2) is 24.3 Å². The predicted molar refractivity (Wildman–Crippen MR) is 65.9 cm³/mol.